The van der Waals surface area contributed by atoms with Crippen LogP contribution in [0, 0.1) is 10.5 Å². The summed E-state index contributed by atoms with van der Waals surface area (Å²) in [5.41, 5.74) is 1.74. The van der Waals surface area contributed by atoms with Crippen LogP contribution in [0.3, 0.4) is 0 Å². The molecule has 0 saturated heterocycles. The Kier molecular flexibility index (Phi) is 4.29. The smallest absolute Gasteiger partial charge is 0.260 e. The maximum atomic E-state index is 12.6. The molecule has 0 spiro atoms. The second-order valence-corrected chi connectivity index (χ2v) is 6.22. The van der Waals surface area contributed by atoms with E-state index >= 15 is 0 Å². The Bertz CT molecular complexity index is 639. The maximum absolute atomic E-state index is 12.6. The SMILES string of the molecule is Cc1cc(Br)c(I)c(C(=O)N(C)c2ccnn2C)c1. The second-order valence-electron chi connectivity index (χ2n) is 4.29. The molecule has 2 rings (SSSR count). The van der Waals surface area contributed by atoms with Crippen LogP contribution < -0.4 is 4.90 Å². The molecule has 0 fully saturated rings. The van der Waals surface area contributed by atoms with E-state index < -0.39 is 0 Å². The summed E-state index contributed by atoms with van der Waals surface area (Å²) in [7, 11) is 3.57. The first-order chi connectivity index (χ1) is 8.91. The summed E-state index contributed by atoms with van der Waals surface area (Å²) in [6.07, 6.45) is 1.68. The molecular weight excluding hydrogens is 421 g/mol. The molecule has 1 aromatic carbocycles. The molecule has 0 aliphatic rings. The molecule has 0 radical (unpaired) electrons. The normalized spacial score (nSPS) is 10.6. The molecule has 1 aromatic heterocycles. The second kappa shape index (κ2) is 5.62. The van der Waals surface area contributed by atoms with Gasteiger partial charge in [-0.25, -0.2) is 0 Å². The fourth-order valence-electron chi connectivity index (χ4n) is 1.86. The highest BCUT2D eigenvalue weighted by Gasteiger charge is 2.19. The molecule has 1 heterocycles. The quantitative estimate of drug-likeness (QED) is 0.681. The number of aromatic nitrogens is 2. The fourth-order valence-corrected chi connectivity index (χ4v) is 2.98. The zero-order chi connectivity index (χ0) is 14.2. The molecule has 0 aliphatic heterocycles. The van der Waals surface area contributed by atoms with Gasteiger partial charge in [-0.1, -0.05) is 0 Å². The number of carbonyl (C=O) groups excluding carboxylic acids is 1. The van der Waals surface area contributed by atoms with Crippen molar-refractivity contribution in [3.05, 3.63) is 43.6 Å². The number of amides is 1. The van der Waals surface area contributed by atoms with Crippen molar-refractivity contribution >= 4 is 50.2 Å². The molecule has 1 amide bonds. The summed E-state index contributed by atoms with van der Waals surface area (Å²) in [5.74, 6) is 0.718. The zero-order valence-electron chi connectivity index (χ0n) is 10.8. The average molecular weight is 434 g/mol. The molecule has 100 valence electrons. The third-order valence-electron chi connectivity index (χ3n) is 2.85. The van der Waals surface area contributed by atoms with Crippen molar-refractivity contribution in [2.75, 3.05) is 11.9 Å². The number of benzene rings is 1. The molecule has 0 N–H and O–H groups in total. The minimum atomic E-state index is -0.0441. The number of nitrogens with zero attached hydrogens (tertiary/aromatic N) is 3. The maximum Gasteiger partial charge on any atom is 0.260 e. The predicted octanol–water partition coefficient (Wildman–Crippen LogP) is 3.37. The Morgan fingerprint density at radius 2 is 2.16 bits per heavy atom. The van der Waals surface area contributed by atoms with E-state index in [1.54, 1.807) is 22.8 Å². The van der Waals surface area contributed by atoms with Gasteiger partial charge in [-0.15, -0.1) is 0 Å². The Morgan fingerprint density at radius 1 is 1.47 bits per heavy atom. The first kappa shape index (κ1) is 14.5. The number of rotatable bonds is 2. The van der Waals surface area contributed by atoms with Crippen molar-refractivity contribution in [2.45, 2.75) is 6.92 Å². The summed E-state index contributed by atoms with van der Waals surface area (Å²) in [5, 5.41) is 4.08. The molecule has 19 heavy (non-hydrogen) atoms. The summed E-state index contributed by atoms with van der Waals surface area (Å²) >= 11 is 5.66. The van der Waals surface area contributed by atoms with Crippen LogP contribution in [-0.4, -0.2) is 22.7 Å². The van der Waals surface area contributed by atoms with Crippen molar-refractivity contribution in [3.63, 3.8) is 0 Å². The fraction of sp³-hybridized carbons (Fsp3) is 0.231. The number of hydrogen-bond donors (Lipinski definition) is 0. The van der Waals surface area contributed by atoms with Gasteiger partial charge in [-0.2, -0.15) is 5.10 Å². The molecular formula is C13H13BrIN3O. The van der Waals surface area contributed by atoms with Crippen molar-refractivity contribution in [1.82, 2.24) is 9.78 Å². The predicted molar refractivity (Wildman–Crippen MR) is 87.5 cm³/mol. The van der Waals surface area contributed by atoms with E-state index in [4.69, 9.17) is 0 Å². The number of carbonyl (C=O) groups is 1. The average Bonchev–Trinajstić information content (AvgIpc) is 2.78. The minimum absolute atomic E-state index is 0.0441. The van der Waals surface area contributed by atoms with Gasteiger partial charge >= 0.3 is 0 Å². The molecule has 6 heteroatoms. The van der Waals surface area contributed by atoms with E-state index in [1.165, 1.54) is 0 Å². The highest BCUT2D eigenvalue weighted by molar-refractivity contribution is 14.1. The van der Waals surface area contributed by atoms with Gasteiger partial charge in [0.25, 0.3) is 5.91 Å². The van der Waals surface area contributed by atoms with E-state index in [1.807, 2.05) is 32.2 Å². The van der Waals surface area contributed by atoms with E-state index in [0.717, 1.165) is 19.4 Å². The molecule has 0 bridgehead atoms. The van der Waals surface area contributed by atoms with E-state index in [9.17, 15) is 4.79 Å². The monoisotopic (exact) mass is 433 g/mol. The lowest BCUT2D eigenvalue weighted by Gasteiger charge is -2.18. The molecule has 4 nitrogen and oxygen atoms in total. The van der Waals surface area contributed by atoms with Crippen LogP contribution in [0.25, 0.3) is 0 Å². The molecule has 0 atom stereocenters. The number of anilines is 1. The van der Waals surface area contributed by atoms with Crippen LogP contribution in [0.4, 0.5) is 5.82 Å². The lowest BCUT2D eigenvalue weighted by molar-refractivity contribution is 0.0990. The van der Waals surface area contributed by atoms with Crippen LogP contribution in [0.2, 0.25) is 0 Å². The third kappa shape index (κ3) is 2.84. The van der Waals surface area contributed by atoms with E-state index in [0.29, 0.717) is 5.56 Å². The standard InChI is InChI=1S/C13H13BrIN3O/c1-8-6-9(12(15)10(14)7-8)13(19)17(2)11-4-5-16-18(11)3/h4-7H,1-3H3. The van der Waals surface area contributed by atoms with E-state index in [-0.39, 0.29) is 5.91 Å². The summed E-state index contributed by atoms with van der Waals surface area (Å²) in [6.45, 7) is 1.97. The lowest BCUT2D eigenvalue weighted by Crippen LogP contribution is -2.29. The number of halogens is 2. The Balaban J connectivity index is 2.43. The van der Waals surface area contributed by atoms with Gasteiger partial charge in [0.15, 0.2) is 0 Å². The van der Waals surface area contributed by atoms with Gasteiger partial charge < -0.3 is 0 Å². The van der Waals surface area contributed by atoms with Gasteiger partial charge in [0.2, 0.25) is 0 Å². The summed E-state index contributed by atoms with van der Waals surface area (Å²) < 4.78 is 3.53. The highest BCUT2D eigenvalue weighted by Crippen LogP contribution is 2.26. The minimum Gasteiger partial charge on any atom is -0.296 e. The van der Waals surface area contributed by atoms with Crippen LogP contribution in [0.1, 0.15) is 15.9 Å². The third-order valence-corrected chi connectivity index (χ3v) is 5.38. The van der Waals surface area contributed by atoms with Crippen molar-refractivity contribution in [3.8, 4) is 0 Å². The van der Waals surface area contributed by atoms with Crippen molar-refractivity contribution < 1.29 is 4.79 Å². The number of aryl methyl sites for hydroxylation is 2. The van der Waals surface area contributed by atoms with Crippen LogP contribution in [-0.2, 0) is 7.05 Å². The Morgan fingerprint density at radius 3 is 2.74 bits per heavy atom. The first-order valence-electron chi connectivity index (χ1n) is 5.63. The number of hydrogen-bond acceptors (Lipinski definition) is 2. The molecule has 0 aliphatic carbocycles. The zero-order valence-corrected chi connectivity index (χ0v) is 14.6. The Hall–Kier alpha value is -0.890. The molecule has 0 unspecified atom stereocenters. The van der Waals surface area contributed by atoms with Crippen molar-refractivity contribution in [1.29, 1.82) is 0 Å². The van der Waals surface area contributed by atoms with Gasteiger partial charge in [0.05, 0.1) is 11.8 Å². The topological polar surface area (TPSA) is 38.1 Å². The summed E-state index contributed by atoms with van der Waals surface area (Å²) in [4.78, 5) is 14.2. The van der Waals surface area contributed by atoms with Gasteiger partial charge in [0, 0.05) is 28.2 Å². The van der Waals surface area contributed by atoms with Crippen LogP contribution in [0.15, 0.2) is 28.9 Å². The summed E-state index contributed by atoms with van der Waals surface area (Å²) in [6, 6.07) is 5.72. The lowest BCUT2D eigenvalue weighted by atomic mass is 10.1. The van der Waals surface area contributed by atoms with Gasteiger partial charge in [-0.05, 0) is 63.1 Å². The molecule has 2 aromatic rings. The van der Waals surface area contributed by atoms with Crippen LogP contribution >= 0.6 is 38.5 Å². The molecule has 0 saturated carbocycles. The highest BCUT2D eigenvalue weighted by atomic mass is 127. The first-order valence-corrected chi connectivity index (χ1v) is 7.50. The van der Waals surface area contributed by atoms with Gasteiger partial charge in [0.1, 0.15) is 5.82 Å². The van der Waals surface area contributed by atoms with Gasteiger partial charge in [-0.3, -0.25) is 14.4 Å². The van der Waals surface area contributed by atoms with E-state index in [2.05, 4.69) is 43.6 Å². The van der Waals surface area contributed by atoms with Crippen LogP contribution in [0.5, 0.6) is 0 Å². The largest absolute Gasteiger partial charge is 0.296 e. The van der Waals surface area contributed by atoms with Crippen molar-refractivity contribution in [2.24, 2.45) is 7.05 Å². The Labute approximate surface area is 134 Å².